The number of para-hydroxylation sites is 1. The van der Waals surface area contributed by atoms with E-state index in [1.807, 2.05) is 43.5 Å². The van der Waals surface area contributed by atoms with Gasteiger partial charge in [0.2, 0.25) is 5.76 Å². The molecule has 0 bridgehead atoms. The Labute approximate surface area is 167 Å². The number of anilines is 1. The number of ether oxygens (including phenoxy) is 2. The number of aromatic nitrogens is 1. The predicted octanol–water partition coefficient (Wildman–Crippen LogP) is 3.22. The van der Waals surface area contributed by atoms with Crippen molar-refractivity contribution in [2.75, 3.05) is 51.6 Å². The fourth-order valence-electron chi connectivity index (χ4n) is 2.39. The average Bonchev–Trinajstić information content (AvgIpc) is 3.06. The van der Waals surface area contributed by atoms with Gasteiger partial charge < -0.3 is 14.4 Å². The Hall–Kier alpha value is -1.48. The van der Waals surface area contributed by atoms with Gasteiger partial charge in [-0.2, -0.15) is 0 Å². The highest BCUT2D eigenvalue weighted by atomic mass is 35.5. The lowest BCUT2D eigenvalue weighted by Gasteiger charge is -2.24. The molecule has 1 amide bonds. The summed E-state index contributed by atoms with van der Waals surface area (Å²) in [6.45, 7) is 2.11. The van der Waals surface area contributed by atoms with Crippen LogP contribution in [0.1, 0.15) is 0 Å². The Kier molecular flexibility index (Phi) is 7.57. The zero-order valence-corrected chi connectivity index (χ0v) is 17.4. The zero-order chi connectivity index (χ0) is 17.8. The smallest absolute Gasteiger partial charge is 0.298 e. The lowest BCUT2D eigenvalue weighted by atomic mass is 10.3. The summed E-state index contributed by atoms with van der Waals surface area (Å²) in [5.41, 5.74) is 0.937. The molecule has 0 saturated heterocycles. The van der Waals surface area contributed by atoms with Crippen LogP contribution in [0.25, 0.3) is 10.2 Å². The molecule has 0 radical (unpaired) electrons. The number of benzene rings is 1. The van der Waals surface area contributed by atoms with Crippen molar-refractivity contribution >= 4 is 56.8 Å². The number of thioether (sulfide) groups is 1. The van der Waals surface area contributed by atoms with Crippen molar-refractivity contribution in [3.8, 4) is 0 Å². The monoisotopic (exact) mass is 415 g/mol. The van der Waals surface area contributed by atoms with E-state index in [9.17, 15) is 4.79 Å². The van der Waals surface area contributed by atoms with Crippen molar-refractivity contribution in [1.82, 2.24) is 9.88 Å². The van der Waals surface area contributed by atoms with Crippen LogP contribution in [-0.2, 0) is 14.3 Å². The molecule has 2 heterocycles. The molecule has 6 nitrogen and oxygen atoms in total. The molecule has 0 spiro atoms. The highest BCUT2D eigenvalue weighted by Crippen LogP contribution is 2.34. The van der Waals surface area contributed by atoms with Gasteiger partial charge >= 0.3 is 0 Å². The van der Waals surface area contributed by atoms with Gasteiger partial charge in [0.15, 0.2) is 5.13 Å². The number of halogens is 1. The molecule has 2 aromatic rings. The zero-order valence-electron chi connectivity index (χ0n) is 14.9. The molecule has 0 saturated carbocycles. The molecule has 9 heteroatoms. The molecule has 1 aliphatic rings. The van der Waals surface area contributed by atoms with Gasteiger partial charge in [-0.1, -0.05) is 17.4 Å². The third kappa shape index (κ3) is 4.62. The second kappa shape index (κ2) is 9.45. The molecule has 3 rings (SSSR count). The molecule has 142 valence electrons. The van der Waals surface area contributed by atoms with E-state index < -0.39 is 0 Å². The second-order valence-corrected chi connectivity index (χ2v) is 7.62. The summed E-state index contributed by atoms with van der Waals surface area (Å²) < 4.78 is 11.8. The number of thiazole rings is 1. The van der Waals surface area contributed by atoms with Crippen molar-refractivity contribution in [1.29, 1.82) is 0 Å². The molecule has 0 atom stereocenters. The van der Waals surface area contributed by atoms with E-state index >= 15 is 0 Å². The average molecular weight is 416 g/mol. The van der Waals surface area contributed by atoms with E-state index in [1.165, 1.54) is 17.6 Å². The fourth-order valence-corrected chi connectivity index (χ4v) is 4.03. The molecule has 0 fully saturated rings. The summed E-state index contributed by atoms with van der Waals surface area (Å²) in [5.74, 6) is 0.0145. The van der Waals surface area contributed by atoms with E-state index in [1.54, 1.807) is 16.7 Å². The van der Waals surface area contributed by atoms with Gasteiger partial charge in [0.1, 0.15) is 19.5 Å². The first-order chi connectivity index (χ1) is 12.1. The van der Waals surface area contributed by atoms with E-state index in [0.29, 0.717) is 24.9 Å². The van der Waals surface area contributed by atoms with Gasteiger partial charge in [-0.15, -0.1) is 24.2 Å². The molecule has 1 aromatic heterocycles. The Morgan fingerprint density at radius 3 is 2.77 bits per heavy atom. The van der Waals surface area contributed by atoms with E-state index in [4.69, 9.17) is 14.5 Å². The Balaban J connectivity index is 0.00000243. The lowest BCUT2D eigenvalue weighted by molar-refractivity contribution is -0.119. The maximum atomic E-state index is 12.9. The van der Waals surface area contributed by atoms with Gasteiger partial charge in [-0.3, -0.25) is 9.69 Å². The number of hydrogen-bond acceptors (Lipinski definition) is 7. The first-order valence-electron chi connectivity index (χ1n) is 7.95. The van der Waals surface area contributed by atoms with Crippen molar-refractivity contribution in [2.45, 2.75) is 4.90 Å². The highest BCUT2D eigenvalue weighted by molar-refractivity contribution is 7.98. The number of carbonyl (C=O) groups excluding carboxylic acids is 1. The minimum absolute atomic E-state index is 0. The summed E-state index contributed by atoms with van der Waals surface area (Å²) in [6.07, 6.45) is 3.43. The van der Waals surface area contributed by atoms with Crippen LogP contribution in [0.5, 0.6) is 0 Å². The SMILES string of the molecule is CSc1cccc2sc(N(CCN(C)C)C(=O)C3=COCCO3)nc12.Cl. The third-order valence-electron chi connectivity index (χ3n) is 3.70. The minimum atomic E-state index is -0.216. The Morgan fingerprint density at radius 1 is 1.31 bits per heavy atom. The second-order valence-electron chi connectivity index (χ2n) is 5.76. The van der Waals surface area contributed by atoms with Crippen molar-refractivity contribution in [3.05, 3.63) is 30.2 Å². The minimum Gasteiger partial charge on any atom is -0.494 e. The van der Waals surface area contributed by atoms with Crippen LogP contribution in [0.3, 0.4) is 0 Å². The molecular formula is C17H22ClN3O3S2. The number of nitrogens with zero attached hydrogens (tertiary/aromatic N) is 3. The molecule has 0 unspecified atom stereocenters. The topological polar surface area (TPSA) is 54.9 Å². The molecule has 1 aliphatic heterocycles. The van der Waals surface area contributed by atoms with Gasteiger partial charge in [0, 0.05) is 18.0 Å². The van der Waals surface area contributed by atoms with Gasteiger partial charge in [-0.05, 0) is 32.5 Å². The summed E-state index contributed by atoms with van der Waals surface area (Å²) in [5, 5.41) is 0.679. The van der Waals surface area contributed by atoms with Crippen molar-refractivity contribution < 1.29 is 14.3 Å². The van der Waals surface area contributed by atoms with Crippen LogP contribution in [-0.4, -0.2) is 62.4 Å². The lowest BCUT2D eigenvalue weighted by Crippen LogP contribution is -2.38. The first kappa shape index (κ1) is 20.8. The molecule has 1 aromatic carbocycles. The summed E-state index contributed by atoms with van der Waals surface area (Å²) in [7, 11) is 3.96. The molecule has 0 N–H and O–H groups in total. The fraction of sp³-hybridized carbons (Fsp3) is 0.412. The number of fused-ring (bicyclic) bond motifs is 1. The maximum absolute atomic E-state index is 12.9. The standard InChI is InChI=1S/C17H21N3O3S2.ClH/c1-19(2)7-8-20(16(21)12-11-22-9-10-23-12)17-18-15-13(24-3)5-4-6-14(15)25-17;/h4-6,11H,7-10H2,1-3H3;1H. The normalized spacial score (nSPS) is 13.6. The van der Waals surface area contributed by atoms with Crippen LogP contribution in [0, 0.1) is 0 Å². The van der Waals surface area contributed by atoms with Crippen LogP contribution in [0.4, 0.5) is 5.13 Å². The van der Waals surface area contributed by atoms with Gasteiger partial charge in [0.25, 0.3) is 5.91 Å². The first-order valence-corrected chi connectivity index (χ1v) is 9.99. The quantitative estimate of drug-likeness (QED) is 0.675. The summed E-state index contributed by atoms with van der Waals surface area (Å²) >= 11 is 3.17. The third-order valence-corrected chi connectivity index (χ3v) is 5.51. The van der Waals surface area contributed by atoms with Gasteiger partial charge in [-0.25, -0.2) is 4.98 Å². The highest BCUT2D eigenvalue weighted by Gasteiger charge is 2.26. The molecule has 26 heavy (non-hydrogen) atoms. The van der Waals surface area contributed by atoms with E-state index in [-0.39, 0.29) is 24.1 Å². The van der Waals surface area contributed by atoms with Crippen molar-refractivity contribution in [2.24, 2.45) is 0 Å². The summed E-state index contributed by atoms with van der Waals surface area (Å²) in [4.78, 5) is 22.5. The summed E-state index contributed by atoms with van der Waals surface area (Å²) in [6, 6.07) is 6.09. The van der Waals surface area contributed by atoms with Gasteiger partial charge in [0.05, 0.1) is 10.2 Å². The van der Waals surface area contributed by atoms with Crippen LogP contribution >= 0.6 is 35.5 Å². The van der Waals surface area contributed by atoms with Crippen LogP contribution < -0.4 is 4.90 Å². The largest absolute Gasteiger partial charge is 0.494 e. The number of likely N-dealkylation sites (N-methyl/N-ethyl adjacent to an activating group) is 1. The number of hydrogen-bond donors (Lipinski definition) is 0. The van der Waals surface area contributed by atoms with Crippen LogP contribution in [0.15, 0.2) is 35.1 Å². The maximum Gasteiger partial charge on any atom is 0.298 e. The van der Waals surface area contributed by atoms with Crippen molar-refractivity contribution in [3.63, 3.8) is 0 Å². The number of rotatable bonds is 6. The molecular weight excluding hydrogens is 394 g/mol. The van der Waals surface area contributed by atoms with Crippen LogP contribution in [0.2, 0.25) is 0 Å². The predicted molar refractivity (Wildman–Crippen MR) is 110 cm³/mol. The molecule has 0 aliphatic carbocycles. The number of carbonyl (C=O) groups is 1. The Bertz CT molecular complexity index is 795. The Morgan fingerprint density at radius 2 is 2.12 bits per heavy atom. The van der Waals surface area contributed by atoms with E-state index in [0.717, 1.165) is 21.7 Å². The number of amides is 1. The van der Waals surface area contributed by atoms with E-state index in [2.05, 4.69) is 0 Å².